The Kier molecular flexibility index (Phi) is 3.63. The van der Waals surface area contributed by atoms with Gasteiger partial charge in [0.25, 0.3) is 0 Å². The van der Waals surface area contributed by atoms with Crippen LogP contribution in [0.15, 0.2) is 42.0 Å². The minimum atomic E-state index is 0.873. The van der Waals surface area contributed by atoms with Crippen LogP contribution in [0.25, 0.3) is 0 Å². The van der Waals surface area contributed by atoms with Gasteiger partial charge in [-0.15, -0.1) is 0 Å². The van der Waals surface area contributed by atoms with Gasteiger partial charge in [-0.05, 0) is 36.8 Å². The second-order valence-electron chi connectivity index (χ2n) is 3.94. The van der Waals surface area contributed by atoms with E-state index >= 15 is 0 Å². The Balaban J connectivity index is 1.93. The summed E-state index contributed by atoms with van der Waals surface area (Å²) in [5.41, 5.74) is 2.65. The molecule has 0 aliphatic heterocycles. The van der Waals surface area contributed by atoms with Crippen molar-refractivity contribution < 1.29 is 0 Å². The van der Waals surface area contributed by atoms with Crippen LogP contribution in [-0.2, 0) is 6.42 Å². The Labute approximate surface area is 92.0 Å². The summed E-state index contributed by atoms with van der Waals surface area (Å²) in [5.74, 6) is 6.53. The lowest BCUT2D eigenvalue weighted by molar-refractivity contribution is 0.715. The highest BCUT2D eigenvalue weighted by Gasteiger charge is 1.99. The lowest BCUT2D eigenvalue weighted by Gasteiger charge is -2.05. The number of hydrogen-bond acceptors (Lipinski definition) is 0. The summed E-state index contributed by atoms with van der Waals surface area (Å²) in [4.78, 5) is 0. The van der Waals surface area contributed by atoms with Gasteiger partial charge in [-0.1, -0.05) is 48.2 Å². The highest BCUT2D eigenvalue weighted by Crippen LogP contribution is 2.16. The number of hydrogen-bond donors (Lipinski definition) is 0. The van der Waals surface area contributed by atoms with E-state index in [0.29, 0.717) is 0 Å². The minimum Gasteiger partial charge on any atom is -0.0935 e. The van der Waals surface area contributed by atoms with Crippen molar-refractivity contribution in [3.8, 4) is 11.8 Å². The highest BCUT2D eigenvalue weighted by atomic mass is 14.0. The molecule has 76 valence electrons. The van der Waals surface area contributed by atoms with Crippen molar-refractivity contribution in [2.45, 2.75) is 32.1 Å². The van der Waals surface area contributed by atoms with Crippen molar-refractivity contribution >= 4 is 0 Å². The molecule has 1 aliphatic carbocycles. The molecule has 0 amide bonds. The standard InChI is InChI=1S/C15H16/c1-3-8-14(9-4-1)12-7-13-15-10-5-2-6-11-15/h1,3-4,8-10H,2,5-6,11-12H2. The first-order chi connectivity index (χ1) is 7.45. The van der Waals surface area contributed by atoms with E-state index in [1.54, 1.807) is 0 Å². The Bertz CT molecular complexity index is 387. The average Bonchev–Trinajstić information content (AvgIpc) is 2.32. The van der Waals surface area contributed by atoms with Crippen LogP contribution >= 0.6 is 0 Å². The van der Waals surface area contributed by atoms with E-state index in [9.17, 15) is 0 Å². The quantitative estimate of drug-likeness (QED) is 0.600. The second kappa shape index (κ2) is 5.41. The van der Waals surface area contributed by atoms with Crippen molar-refractivity contribution in [1.29, 1.82) is 0 Å². The molecule has 0 nitrogen and oxygen atoms in total. The number of benzene rings is 1. The molecule has 1 aromatic rings. The van der Waals surface area contributed by atoms with Crippen LogP contribution < -0.4 is 0 Å². The Morgan fingerprint density at radius 2 is 1.93 bits per heavy atom. The minimum absolute atomic E-state index is 0.873. The van der Waals surface area contributed by atoms with Gasteiger partial charge in [0.15, 0.2) is 0 Å². The van der Waals surface area contributed by atoms with Crippen LogP contribution in [-0.4, -0.2) is 0 Å². The lowest BCUT2D eigenvalue weighted by atomic mass is 10.00. The van der Waals surface area contributed by atoms with Crippen molar-refractivity contribution in [3.63, 3.8) is 0 Å². The Morgan fingerprint density at radius 1 is 1.07 bits per heavy atom. The van der Waals surface area contributed by atoms with Gasteiger partial charge in [0, 0.05) is 6.42 Å². The summed E-state index contributed by atoms with van der Waals surface area (Å²) in [6.07, 6.45) is 8.21. The van der Waals surface area contributed by atoms with Crippen LogP contribution in [0, 0.1) is 11.8 Å². The van der Waals surface area contributed by atoms with Gasteiger partial charge in [0.05, 0.1) is 0 Å². The zero-order valence-electron chi connectivity index (χ0n) is 9.00. The summed E-state index contributed by atoms with van der Waals surface area (Å²) in [6.45, 7) is 0. The first-order valence-electron chi connectivity index (χ1n) is 5.67. The van der Waals surface area contributed by atoms with Crippen molar-refractivity contribution in [3.05, 3.63) is 47.5 Å². The molecule has 0 heterocycles. The maximum Gasteiger partial charge on any atom is 0.0343 e. The first-order valence-corrected chi connectivity index (χ1v) is 5.67. The molecular formula is C15H16. The van der Waals surface area contributed by atoms with Crippen molar-refractivity contribution in [1.82, 2.24) is 0 Å². The third-order valence-electron chi connectivity index (χ3n) is 2.68. The third kappa shape index (κ3) is 3.29. The van der Waals surface area contributed by atoms with Crippen LogP contribution in [0.4, 0.5) is 0 Å². The van der Waals surface area contributed by atoms with Crippen LogP contribution in [0.1, 0.15) is 31.2 Å². The van der Waals surface area contributed by atoms with Crippen molar-refractivity contribution in [2.75, 3.05) is 0 Å². The summed E-state index contributed by atoms with van der Waals surface area (Å²) in [6, 6.07) is 10.4. The van der Waals surface area contributed by atoms with Gasteiger partial charge in [0.1, 0.15) is 0 Å². The zero-order valence-corrected chi connectivity index (χ0v) is 9.00. The molecule has 0 atom stereocenters. The fourth-order valence-electron chi connectivity index (χ4n) is 1.81. The van der Waals surface area contributed by atoms with E-state index in [2.05, 4.69) is 42.2 Å². The molecule has 0 N–H and O–H groups in total. The fourth-order valence-corrected chi connectivity index (χ4v) is 1.81. The predicted molar refractivity (Wildman–Crippen MR) is 64.5 cm³/mol. The lowest BCUT2D eigenvalue weighted by Crippen LogP contribution is -1.89. The zero-order chi connectivity index (χ0) is 10.3. The van der Waals surface area contributed by atoms with Gasteiger partial charge < -0.3 is 0 Å². The van der Waals surface area contributed by atoms with Crippen LogP contribution in [0.5, 0.6) is 0 Å². The monoisotopic (exact) mass is 196 g/mol. The van der Waals surface area contributed by atoms with E-state index < -0.39 is 0 Å². The van der Waals surface area contributed by atoms with E-state index in [1.165, 1.54) is 36.8 Å². The van der Waals surface area contributed by atoms with Crippen molar-refractivity contribution in [2.24, 2.45) is 0 Å². The highest BCUT2D eigenvalue weighted by molar-refractivity contribution is 5.32. The van der Waals surface area contributed by atoms with E-state index in [0.717, 1.165) is 6.42 Å². The molecule has 0 saturated heterocycles. The third-order valence-corrected chi connectivity index (χ3v) is 2.68. The molecule has 0 unspecified atom stereocenters. The fraction of sp³-hybridized carbons (Fsp3) is 0.333. The van der Waals surface area contributed by atoms with Gasteiger partial charge in [-0.2, -0.15) is 0 Å². The molecule has 0 bridgehead atoms. The first kappa shape index (κ1) is 10.1. The average molecular weight is 196 g/mol. The molecule has 0 saturated carbocycles. The Morgan fingerprint density at radius 3 is 2.67 bits per heavy atom. The molecule has 0 spiro atoms. The topological polar surface area (TPSA) is 0 Å². The molecular weight excluding hydrogens is 180 g/mol. The molecule has 2 rings (SSSR count). The van der Waals surface area contributed by atoms with Crippen LogP contribution in [0.2, 0.25) is 0 Å². The largest absolute Gasteiger partial charge is 0.0935 e. The van der Waals surface area contributed by atoms with E-state index in [1.807, 2.05) is 6.07 Å². The molecule has 15 heavy (non-hydrogen) atoms. The molecule has 1 aliphatic rings. The molecule has 1 aromatic carbocycles. The molecule has 0 heteroatoms. The van der Waals surface area contributed by atoms with Gasteiger partial charge >= 0.3 is 0 Å². The smallest absolute Gasteiger partial charge is 0.0343 e. The molecule has 0 radical (unpaired) electrons. The summed E-state index contributed by atoms with van der Waals surface area (Å²) in [5, 5.41) is 0. The number of allylic oxidation sites excluding steroid dienone is 2. The molecule has 0 aromatic heterocycles. The maximum absolute atomic E-state index is 3.28. The Hall–Kier alpha value is -1.48. The normalized spacial score (nSPS) is 15.1. The van der Waals surface area contributed by atoms with Crippen LogP contribution in [0.3, 0.4) is 0 Å². The summed E-state index contributed by atoms with van der Waals surface area (Å²) in [7, 11) is 0. The van der Waals surface area contributed by atoms with Gasteiger partial charge in [0.2, 0.25) is 0 Å². The summed E-state index contributed by atoms with van der Waals surface area (Å²) < 4.78 is 0. The number of rotatable bonds is 1. The second-order valence-corrected chi connectivity index (χ2v) is 3.94. The maximum atomic E-state index is 3.28. The van der Waals surface area contributed by atoms with Gasteiger partial charge in [-0.25, -0.2) is 0 Å². The summed E-state index contributed by atoms with van der Waals surface area (Å²) >= 11 is 0. The molecule has 0 fully saturated rings. The van der Waals surface area contributed by atoms with Gasteiger partial charge in [-0.3, -0.25) is 0 Å². The van der Waals surface area contributed by atoms with E-state index in [4.69, 9.17) is 0 Å². The van der Waals surface area contributed by atoms with E-state index in [-0.39, 0.29) is 0 Å². The SMILES string of the molecule is C(#CC1=CCCCC1)Cc1ccccc1. The predicted octanol–water partition coefficient (Wildman–Crippen LogP) is 3.73.